The molecule has 0 spiro atoms. The van der Waals surface area contributed by atoms with Crippen LogP contribution in [0.5, 0.6) is 5.75 Å². The number of hydrogen-bond acceptors (Lipinski definition) is 3. The lowest BCUT2D eigenvalue weighted by Crippen LogP contribution is -2.30. The Morgan fingerprint density at radius 1 is 1.35 bits per heavy atom. The van der Waals surface area contributed by atoms with E-state index in [2.05, 4.69) is 0 Å². The molecular formula is C12H19ClFNO2. The van der Waals surface area contributed by atoms with Crippen LogP contribution in [0.2, 0.25) is 0 Å². The van der Waals surface area contributed by atoms with Crippen molar-refractivity contribution in [3.05, 3.63) is 29.6 Å². The number of aliphatic hydroxyl groups is 1. The lowest BCUT2D eigenvalue weighted by Gasteiger charge is -2.23. The molecule has 3 N–H and O–H groups in total. The fraction of sp³-hybridized carbons (Fsp3) is 0.500. The van der Waals surface area contributed by atoms with Crippen LogP contribution in [0.1, 0.15) is 25.5 Å². The monoisotopic (exact) mass is 263 g/mol. The Balaban J connectivity index is 0.00000256. The molecule has 0 aromatic heterocycles. The van der Waals surface area contributed by atoms with E-state index in [1.165, 1.54) is 25.3 Å². The van der Waals surface area contributed by atoms with E-state index in [0.29, 0.717) is 11.3 Å². The molecule has 0 saturated carbocycles. The number of benzene rings is 1. The fourth-order valence-corrected chi connectivity index (χ4v) is 1.56. The van der Waals surface area contributed by atoms with Crippen LogP contribution in [0, 0.1) is 11.7 Å². The van der Waals surface area contributed by atoms with Crippen molar-refractivity contribution in [2.45, 2.75) is 26.0 Å². The number of hydrogen-bond donors (Lipinski definition) is 2. The molecule has 0 heterocycles. The highest BCUT2D eigenvalue weighted by molar-refractivity contribution is 5.85. The lowest BCUT2D eigenvalue weighted by molar-refractivity contribution is 0.0968. The van der Waals surface area contributed by atoms with Crippen LogP contribution >= 0.6 is 12.4 Å². The molecule has 0 radical (unpaired) electrons. The Labute approximate surface area is 107 Å². The number of ether oxygens (including phenoxy) is 1. The van der Waals surface area contributed by atoms with E-state index in [1.54, 1.807) is 0 Å². The minimum absolute atomic E-state index is 0. The van der Waals surface area contributed by atoms with Gasteiger partial charge in [-0.2, -0.15) is 0 Å². The minimum atomic E-state index is -0.726. The molecule has 0 saturated heterocycles. The van der Waals surface area contributed by atoms with Gasteiger partial charge in [0.2, 0.25) is 0 Å². The van der Waals surface area contributed by atoms with E-state index >= 15 is 0 Å². The van der Waals surface area contributed by atoms with Gasteiger partial charge in [0.1, 0.15) is 11.6 Å². The highest BCUT2D eigenvalue weighted by atomic mass is 35.5. The number of nitrogens with two attached hydrogens (primary N) is 1. The third-order valence-corrected chi connectivity index (χ3v) is 2.60. The van der Waals surface area contributed by atoms with Crippen LogP contribution in [0.25, 0.3) is 0 Å². The smallest absolute Gasteiger partial charge is 0.123 e. The molecule has 2 atom stereocenters. The van der Waals surface area contributed by atoms with Gasteiger partial charge >= 0.3 is 0 Å². The second-order valence-electron chi connectivity index (χ2n) is 4.15. The van der Waals surface area contributed by atoms with E-state index < -0.39 is 12.1 Å². The normalized spacial score (nSPS) is 14.1. The first-order valence-corrected chi connectivity index (χ1v) is 5.24. The largest absolute Gasteiger partial charge is 0.496 e. The van der Waals surface area contributed by atoms with Crippen LogP contribution in [0.3, 0.4) is 0 Å². The Morgan fingerprint density at radius 3 is 2.41 bits per heavy atom. The Bertz CT molecular complexity index is 360. The van der Waals surface area contributed by atoms with Crippen molar-refractivity contribution in [1.29, 1.82) is 0 Å². The average Bonchev–Trinajstić information content (AvgIpc) is 2.26. The van der Waals surface area contributed by atoms with Crippen molar-refractivity contribution in [3.63, 3.8) is 0 Å². The lowest BCUT2D eigenvalue weighted by atomic mass is 9.94. The summed E-state index contributed by atoms with van der Waals surface area (Å²) in [5.41, 5.74) is 6.38. The first-order chi connectivity index (χ1) is 7.47. The summed E-state index contributed by atoms with van der Waals surface area (Å²) in [5, 5.41) is 9.86. The summed E-state index contributed by atoms with van der Waals surface area (Å²) in [7, 11) is 1.49. The van der Waals surface area contributed by atoms with Crippen molar-refractivity contribution in [1.82, 2.24) is 0 Å². The highest BCUT2D eigenvalue weighted by Crippen LogP contribution is 2.28. The summed E-state index contributed by atoms with van der Waals surface area (Å²) in [6, 6.07) is 3.47. The molecule has 1 aromatic rings. The number of methoxy groups -OCH3 is 1. The highest BCUT2D eigenvalue weighted by Gasteiger charge is 2.23. The quantitative estimate of drug-likeness (QED) is 0.876. The molecule has 0 unspecified atom stereocenters. The second kappa shape index (κ2) is 6.79. The van der Waals surface area contributed by atoms with Crippen molar-refractivity contribution in [2.75, 3.05) is 7.11 Å². The van der Waals surface area contributed by atoms with Gasteiger partial charge in [0.15, 0.2) is 0 Å². The van der Waals surface area contributed by atoms with E-state index in [4.69, 9.17) is 10.5 Å². The molecule has 3 nitrogen and oxygen atoms in total. The van der Waals surface area contributed by atoms with Gasteiger partial charge in [-0.05, 0) is 24.1 Å². The van der Waals surface area contributed by atoms with Crippen LogP contribution in [0.4, 0.5) is 4.39 Å². The third-order valence-electron chi connectivity index (χ3n) is 2.60. The standard InChI is InChI=1S/C12H18FNO2.ClH/c1-7(2)12(15)11(14)9-6-8(13)4-5-10(9)16-3;/h4-7,11-12,15H,14H2,1-3H3;1H/t11-,12+;/m0./s1. The van der Waals surface area contributed by atoms with Gasteiger partial charge in [-0.15, -0.1) is 12.4 Å². The Hall–Kier alpha value is -0.840. The number of aliphatic hydroxyl groups excluding tert-OH is 1. The van der Waals surface area contributed by atoms with E-state index in [0.717, 1.165) is 0 Å². The fourth-order valence-electron chi connectivity index (χ4n) is 1.56. The molecule has 0 aliphatic rings. The summed E-state index contributed by atoms with van der Waals surface area (Å²) >= 11 is 0. The number of rotatable bonds is 4. The maximum absolute atomic E-state index is 13.1. The SMILES string of the molecule is COc1ccc(F)cc1[C@H](N)[C@H](O)C(C)C.Cl. The van der Waals surface area contributed by atoms with E-state index in [-0.39, 0.29) is 24.1 Å². The zero-order chi connectivity index (χ0) is 12.3. The molecule has 0 aliphatic heterocycles. The number of halogens is 2. The molecular weight excluding hydrogens is 245 g/mol. The molecule has 17 heavy (non-hydrogen) atoms. The average molecular weight is 264 g/mol. The van der Waals surface area contributed by atoms with Crippen molar-refractivity contribution in [3.8, 4) is 5.75 Å². The van der Waals surface area contributed by atoms with Crippen LogP contribution < -0.4 is 10.5 Å². The minimum Gasteiger partial charge on any atom is -0.496 e. The summed E-state index contributed by atoms with van der Waals surface area (Å²) in [4.78, 5) is 0. The van der Waals surface area contributed by atoms with Crippen molar-refractivity contribution >= 4 is 12.4 Å². The predicted molar refractivity (Wildman–Crippen MR) is 68.0 cm³/mol. The summed E-state index contributed by atoms with van der Waals surface area (Å²) in [5.74, 6) is 0.110. The molecule has 1 aromatic carbocycles. The van der Waals surface area contributed by atoms with Gasteiger partial charge in [0.05, 0.1) is 19.3 Å². The van der Waals surface area contributed by atoms with Gasteiger partial charge in [0.25, 0.3) is 0 Å². The maximum Gasteiger partial charge on any atom is 0.123 e. The van der Waals surface area contributed by atoms with Crippen LogP contribution in [-0.4, -0.2) is 18.3 Å². The van der Waals surface area contributed by atoms with Crippen LogP contribution in [0.15, 0.2) is 18.2 Å². The maximum atomic E-state index is 13.1. The van der Waals surface area contributed by atoms with Crippen molar-refractivity contribution in [2.24, 2.45) is 11.7 Å². The molecule has 5 heteroatoms. The first-order valence-electron chi connectivity index (χ1n) is 5.24. The van der Waals surface area contributed by atoms with Gasteiger partial charge in [-0.3, -0.25) is 0 Å². The van der Waals surface area contributed by atoms with Gasteiger partial charge in [-0.25, -0.2) is 4.39 Å². The molecule has 98 valence electrons. The second-order valence-corrected chi connectivity index (χ2v) is 4.15. The first kappa shape index (κ1) is 16.2. The third kappa shape index (κ3) is 3.84. The van der Waals surface area contributed by atoms with E-state index in [1.807, 2.05) is 13.8 Å². The zero-order valence-electron chi connectivity index (χ0n) is 10.2. The predicted octanol–water partition coefficient (Wildman–Crippen LogP) is 2.27. The van der Waals surface area contributed by atoms with Gasteiger partial charge in [-0.1, -0.05) is 13.8 Å². The van der Waals surface area contributed by atoms with Crippen molar-refractivity contribution < 1.29 is 14.2 Å². The van der Waals surface area contributed by atoms with E-state index in [9.17, 15) is 9.50 Å². The summed E-state index contributed by atoms with van der Waals surface area (Å²) in [6.07, 6.45) is -0.726. The summed E-state index contributed by atoms with van der Waals surface area (Å²) in [6.45, 7) is 3.71. The zero-order valence-corrected chi connectivity index (χ0v) is 11.0. The van der Waals surface area contributed by atoms with Gasteiger partial charge < -0.3 is 15.6 Å². The summed E-state index contributed by atoms with van der Waals surface area (Å²) < 4.78 is 18.2. The molecule has 0 aliphatic carbocycles. The molecule has 0 amide bonds. The molecule has 0 fully saturated rings. The van der Waals surface area contributed by atoms with Gasteiger partial charge in [0, 0.05) is 5.56 Å². The topological polar surface area (TPSA) is 55.5 Å². The molecule has 1 rings (SSSR count). The van der Waals surface area contributed by atoms with Crippen LogP contribution in [-0.2, 0) is 0 Å². The Morgan fingerprint density at radius 2 is 1.94 bits per heavy atom. The Kier molecular flexibility index (Phi) is 6.45. The molecule has 0 bridgehead atoms.